The lowest BCUT2D eigenvalue weighted by molar-refractivity contribution is 0.751. The quantitative estimate of drug-likeness (QED) is 0.669. The number of anilines is 3. The van der Waals surface area contributed by atoms with Crippen LogP contribution in [0.4, 0.5) is 17.5 Å². The van der Waals surface area contributed by atoms with Crippen LogP contribution in [0.3, 0.4) is 0 Å². The fourth-order valence-corrected chi connectivity index (χ4v) is 2.01. The number of nitrogens with zero attached hydrogens (tertiary/aromatic N) is 2. The zero-order valence-corrected chi connectivity index (χ0v) is 9.09. The van der Waals surface area contributed by atoms with Gasteiger partial charge in [0.25, 0.3) is 0 Å². The molecule has 0 spiro atoms. The molecule has 1 aromatic heterocycles. The SMILES string of the molecule is Nc1nc(Cl)c(N)c(NC2CCCC2)n1. The molecule has 0 amide bonds. The number of nitrogen functional groups attached to an aromatic ring is 2. The van der Waals surface area contributed by atoms with Crippen LogP contribution in [0.2, 0.25) is 5.15 Å². The largest absolute Gasteiger partial charge is 0.393 e. The molecule has 0 saturated heterocycles. The molecule has 15 heavy (non-hydrogen) atoms. The van der Waals surface area contributed by atoms with Gasteiger partial charge in [-0.25, -0.2) is 0 Å². The Hall–Kier alpha value is -1.23. The topological polar surface area (TPSA) is 89.8 Å². The average molecular weight is 228 g/mol. The Morgan fingerprint density at radius 1 is 1.20 bits per heavy atom. The van der Waals surface area contributed by atoms with Crippen molar-refractivity contribution in [3.05, 3.63) is 5.15 Å². The van der Waals surface area contributed by atoms with Crippen molar-refractivity contribution in [2.45, 2.75) is 31.7 Å². The minimum absolute atomic E-state index is 0.148. The van der Waals surface area contributed by atoms with Gasteiger partial charge in [0.15, 0.2) is 11.0 Å². The molecule has 0 aromatic carbocycles. The Morgan fingerprint density at radius 3 is 2.53 bits per heavy atom. The van der Waals surface area contributed by atoms with Crippen LogP contribution in [0.5, 0.6) is 0 Å². The normalized spacial score (nSPS) is 16.9. The molecule has 0 aliphatic heterocycles. The molecule has 0 radical (unpaired) electrons. The van der Waals surface area contributed by atoms with Crippen molar-refractivity contribution in [3.63, 3.8) is 0 Å². The first kappa shape index (κ1) is 10.3. The monoisotopic (exact) mass is 227 g/mol. The van der Waals surface area contributed by atoms with Gasteiger partial charge in [-0.3, -0.25) is 0 Å². The van der Waals surface area contributed by atoms with E-state index in [0.717, 1.165) is 12.8 Å². The summed E-state index contributed by atoms with van der Waals surface area (Å²) in [6, 6.07) is 0.428. The minimum atomic E-state index is 0.148. The van der Waals surface area contributed by atoms with Gasteiger partial charge in [-0.2, -0.15) is 9.97 Å². The Morgan fingerprint density at radius 2 is 1.87 bits per heavy atom. The van der Waals surface area contributed by atoms with E-state index in [1.807, 2.05) is 0 Å². The summed E-state index contributed by atoms with van der Waals surface area (Å²) < 4.78 is 0. The predicted molar refractivity (Wildman–Crippen MR) is 61.7 cm³/mol. The summed E-state index contributed by atoms with van der Waals surface area (Å²) >= 11 is 5.81. The smallest absolute Gasteiger partial charge is 0.223 e. The number of rotatable bonds is 2. The van der Waals surface area contributed by atoms with E-state index in [-0.39, 0.29) is 11.1 Å². The highest BCUT2D eigenvalue weighted by Gasteiger charge is 2.17. The highest BCUT2D eigenvalue weighted by atomic mass is 35.5. The second kappa shape index (κ2) is 4.10. The molecule has 82 valence electrons. The molecule has 6 heteroatoms. The molecule has 1 fully saturated rings. The summed E-state index contributed by atoms with van der Waals surface area (Å²) in [6.07, 6.45) is 4.76. The van der Waals surface area contributed by atoms with Gasteiger partial charge in [-0.15, -0.1) is 0 Å². The first-order valence-electron chi connectivity index (χ1n) is 5.02. The van der Waals surface area contributed by atoms with Crippen LogP contribution in [0, 0.1) is 0 Å². The van der Waals surface area contributed by atoms with Crippen molar-refractivity contribution in [1.29, 1.82) is 0 Å². The summed E-state index contributed by atoms with van der Waals surface area (Å²) in [6.45, 7) is 0. The molecule has 5 N–H and O–H groups in total. The van der Waals surface area contributed by atoms with Crippen molar-refractivity contribution < 1.29 is 0 Å². The lowest BCUT2D eigenvalue weighted by Crippen LogP contribution is -2.17. The van der Waals surface area contributed by atoms with E-state index in [4.69, 9.17) is 23.1 Å². The maximum Gasteiger partial charge on any atom is 0.223 e. The fourth-order valence-electron chi connectivity index (χ4n) is 1.83. The van der Waals surface area contributed by atoms with Crippen molar-refractivity contribution in [2.24, 2.45) is 0 Å². The van der Waals surface area contributed by atoms with Crippen LogP contribution < -0.4 is 16.8 Å². The lowest BCUT2D eigenvalue weighted by atomic mass is 10.2. The van der Waals surface area contributed by atoms with Crippen molar-refractivity contribution in [1.82, 2.24) is 9.97 Å². The molecule has 5 nitrogen and oxygen atoms in total. The van der Waals surface area contributed by atoms with Crippen molar-refractivity contribution >= 4 is 29.1 Å². The number of halogens is 1. The van der Waals surface area contributed by atoms with E-state index >= 15 is 0 Å². The molecular weight excluding hydrogens is 214 g/mol. The highest BCUT2D eigenvalue weighted by molar-refractivity contribution is 6.32. The van der Waals surface area contributed by atoms with E-state index < -0.39 is 0 Å². The number of nitrogens with one attached hydrogen (secondary N) is 1. The minimum Gasteiger partial charge on any atom is -0.393 e. The maximum atomic E-state index is 5.81. The molecular formula is C9H14ClN5. The molecule has 0 bridgehead atoms. The van der Waals surface area contributed by atoms with Gasteiger partial charge >= 0.3 is 0 Å². The van der Waals surface area contributed by atoms with Crippen LogP contribution in [0.25, 0.3) is 0 Å². The van der Waals surface area contributed by atoms with Crippen LogP contribution in [-0.2, 0) is 0 Å². The summed E-state index contributed by atoms with van der Waals surface area (Å²) in [5, 5.41) is 3.46. The van der Waals surface area contributed by atoms with Crippen LogP contribution in [0.1, 0.15) is 25.7 Å². The third-order valence-electron chi connectivity index (χ3n) is 2.61. The molecule has 2 rings (SSSR count). The van der Waals surface area contributed by atoms with E-state index in [2.05, 4.69) is 15.3 Å². The molecule has 1 heterocycles. The number of nitrogens with two attached hydrogens (primary N) is 2. The second-order valence-corrected chi connectivity index (χ2v) is 4.12. The predicted octanol–water partition coefficient (Wildman–Crippen LogP) is 1.65. The maximum absolute atomic E-state index is 5.81. The molecule has 1 saturated carbocycles. The van der Waals surface area contributed by atoms with Gasteiger partial charge in [0.2, 0.25) is 5.95 Å². The molecule has 0 atom stereocenters. The molecule has 1 aromatic rings. The van der Waals surface area contributed by atoms with Crippen molar-refractivity contribution in [2.75, 3.05) is 16.8 Å². The first-order chi connectivity index (χ1) is 7.16. The van der Waals surface area contributed by atoms with Gasteiger partial charge in [0, 0.05) is 6.04 Å². The average Bonchev–Trinajstić information content (AvgIpc) is 2.66. The van der Waals surface area contributed by atoms with Crippen LogP contribution in [-0.4, -0.2) is 16.0 Å². The van der Waals surface area contributed by atoms with E-state index in [1.54, 1.807) is 0 Å². The van der Waals surface area contributed by atoms with Crippen molar-refractivity contribution in [3.8, 4) is 0 Å². The van der Waals surface area contributed by atoms with E-state index in [1.165, 1.54) is 12.8 Å². The lowest BCUT2D eigenvalue weighted by Gasteiger charge is -2.14. The molecule has 0 unspecified atom stereocenters. The Labute approximate surface area is 93.2 Å². The fraction of sp³-hybridized carbons (Fsp3) is 0.556. The summed E-state index contributed by atoms with van der Waals surface area (Å²) in [5.41, 5.74) is 11.6. The Bertz CT molecular complexity index is 362. The first-order valence-corrected chi connectivity index (χ1v) is 5.39. The summed E-state index contributed by atoms with van der Waals surface area (Å²) in [5.74, 6) is 0.703. The number of aromatic nitrogens is 2. The third kappa shape index (κ3) is 2.23. The number of hydrogen-bond acceptors (Lipinski definition) is 5. The summed E-state index contributed by atoms with van der Waals surface area (Å²) in [7, 11) is 0. The van der Waals surface area contributed by atoms with Crippen LogP contribution in [0.15, 0.2) is 0 Å². The Balaban J connectivity index is 2.19. The van der Waals surface area contributed by atoms with E-state index in [9.17, 15) is 0 Å². The van der Waals surface area contributed by atoms with Gasteiger partial charge < -0.3 is 16.8 Å². The summed E-state index contributed by atoms with van der Waals surface area (Å²) in [4.78, 5) is 7.82. The Kier molecular flexibility index (Phi) is 2.81. The zero-order valence-electron chi connectivity index (χ0n) is 8.33. The standard InChI is InChI=1S/C9H14ClN5/c10-7-6(11)8(15-9(12)14-7)13-5-3-1-2-4-5/h5H,1-4,11H2,(H3,12,13,14,15). The van der Waals surface area contributed by atoms with Gasteiger partial charge in [-0.1, -0.05) is 24.4 Å². The van der Waals surface area contributed by atoms with E-state index in [0.29, 0.717) is 17.5 Å². The second-order valence-electron chi connectivity index (χ2n) is 3.76. The highest BCUT2D eigenvalue weighted by Crippen LogP contribution is 2.28. The van der Waals surface area contributed by atoms with Gasteiger partial charge in [-0.05, 0) is 12.8 Å². The molecule has 1 aliphatic rings. The molecule has 1 aliphatic carbocycles. The zero-order chi connectivity index (χ0) is 10.8. The van der Waals surface area contributed by atoms with Crippen LogP contribution >= 0.6 is 11.6 Å². The number of hydrogen-bond donors (Lipinski definition) is 3. The van der Waals surface area contributed by atoms with Gasteiger partial charge in [0.05, 0.1) is 0 Å². The third-order valence-corrected chi connectivity index (χ3v) is 2.90. The van der Waals surface area contributed by atoms with Gasteiger partial charge in [0.1, 0.15) is 5.69 Å².